The molecule has 0 amide bonds. The van der Waals surface area contributed by atoms with Crippen LogP contribution in [0, 0.1) is 11.7 Å². The molecule has 2 rings (SSSR count). The quantitative estimate of drug-likeness (QED) is 0.914. The van der Waals surface area contributed by atoms with E-state index in [0.29, 0.717) is 17.2 Å². The summed E-state index contributed by atoms with van der Waals surface area (Å²) < 4.78 is 19.4. The molecule has 0 aromatic heterocycles. The van der Waals surface area contributed by atoms with Crippen LogP contribution in [0.1, 0.15) is 31.9 Å². The Morgan fingerprint density at radius 1 is 1.47 bits per heavy atom. The van der Waals surface area contributed by atoms with Crippen LogP contribution >= 0.6 is 0 Å². The fraction of sp³-hybridized carbons (Fsp3) is 0.600. The first-order valence-corrected chi connectivity index (χ1v) is 6.86. The Morgan fingerprint density at radius 2 is 2.21 bits per heavy atom. The van der Waals surface area contributed by atoms with Crippen molar-refractivity contribution in [2.75, 3.05) is 20.2 Å². The third-order valence-electron chi connectivity index (χ3n) is 4.25. The van der Waals surface area contributed by atoms with E-state index in [1.54, 1.807) is 19.2 Å². The summed E-state index contributed by atoms with van der Waals surface area (Å²) in [6, 6.07) is 5.11. The van der Waals surface area contributed by atoms with Crippen molar-refractivity contribution in [2.45, 2.75) is 32.4 Å². The Morgan fingerprint density at radius 3 is 2.84 bits per heavy atom. The van der Waals surface area contributed by atoms with Gasteiger partial charge in [-0.25, -0.2) is 4.39 Å². The van der Waals surface area contributed by atoms with Gasteiger partial charge in [0.05, 0.1) is 7.11 Å². The summed E-state index contributed by atoms with van der Waals surface area (Å²) in [7, 11) is 1.58. The molecule has 1 aliphatic rings. The zero-order chi connectivity index (χ0) is 14.0. The summed E-state index contributed by atoms with van der Waals surface area (Å²) in [6.07, 6.45) is 1.06. The number of ether oxygens (including phenoxy) is 1. The second kappa shape index (κ2) is 5.88. The van der Waals surface area contributed by atoms with E-state index in [1.165, 1.54) is 6.07 Å². The van der Waals surface area contributed by atoms with Gasteiger partial charge < -0.3 is 10.5 Å². The molecule has 106 valence electrons. The van der Waals surface area contributed by atoms with Crippen molar-refractivity contribution in [1.82, 2.24) is 4.90 Å². The van der Waals surface area contributed by atoms with Gasteiger partial charge in [0.2, 0.25) is 0 Å². The molecule has 3 nitrogen and oxygen atoms in total. The normalized spacial score (nSPS) is 26.2. The summed E-state index contributed by atoms with van der Waals surface area (Å²) in [4.78, 5) is 2.24. The van der Waals surface area contributed by atoms with Crippen LogP contribution in [0.3, 0.4) is 0 Å². The van der Waals surface area contributed by atoms with E-state index in [4.69, 9.17) is 10.5 Å². The van der Waals surface area contributed by atoms with Crippen molar-refractivity contribution in [3.63, 3.8) is 0 Å². The summed E-state index contributed by atoms with van der Waals surface area (Å²) in [5.41, 5.74) is 6.76. The van der Waals surface area contributed by atoms with Crippen LogP contribution in [0.5, 0.6) is 5.75 Å². The number of piperidine rings is 1. The number of methoxy groups -OCH3 is 1. The van der Waals surface area contributed by atoms with Gasteiger partial charge in [0, 0.05) is 24.2 Å². The van der Waals surface area contributed by atoms with Gasteiger partial charge in [-0.3, -0.25) is 4.90 Å². The molecule has 1 fully saturated rings. The monoisotopic (exact) mass is 266 g/mol. The molecule has 0 bridgehead atoms. The number of likely N-dealkylation sites (tertiary alicyclic amines) is 1. The minimum Gasteiger partial charge on any atom is -0.496 e. The van der Waals surface area contributed by atoms with E-state index < -0.39 is 0 Å². The second-order valence-electron chi connectivity index (χ2n) is 5.46. The third-order valence-corrected chi connectivity index (χ3v) is 4.25. The summed E-state index contributed by atoms with van der Waals surface area (Å²) >= 11 is 0. The Bertz CT molecular complexity index is 438. The zero-order valence-corrected chi connectivity index (χ0v) is 11.9. The van der Waals surface area contributed by atoms with Crippen LogP contribution in [-0.2, 0) is 0 Å². The molecule has 0 spiro atoms. The lowest BCUT2D eigenvalue weighted by Crippen LogP contribution is -2.48. The predicted molar refractivity (Wildman–Crippen MR) is 74.7 cm³/mol. The fourth-order valence-corrected chi connectivity index (χ4v) is 2.76. The minimum atomic E-state index is -0.209. The molecule has 1 aromatic rings. The number of hydrogen-bond donors (Lipinski definition) is 1. The van der Waals surface area contributed by atoms with Crippen molar-refractivity contribution in [3.8, 4) is 5.75 Å². The lowest BCUT2D eigenvalue weighted by molar-refractivity contribution is 0.125. The van der Waals surface area contributed by atoms with Gasteiger partial charge in [0.25, 0.3) is 0 Å². The SMILES string of the molecule is COc1cccc(F)c1C(C)N1CCC(C)C(N)C1. The third kappa shape index (κ3) is 2.90. The number of hydrogen-bond acceptors (Lipinski definition) is 3. The molecule has 4 heteroatoms. The predicted octanol–water partition coefficient (Wildman–Crippen LogP) is 2.56. The minimum absolute atomic E-state index is 0.0188. The van der Waals surface area contributed by atoms with Gasteiger partial charge >= 0.3 is 0 Å². The Hall–Kier alpha value is -1.13. The van der Waals surface area contributed by atoms with Crippen molar-refractivity contribution < 1.29 is 9.13 Å². The molecule has 0 aliphatic carbocycles. The van der Waals surface area contributed by atoms with E-state index in [9.17, 15) is 4.39 Å². The number of nitrogens with two attached hydrogens (primary N) is 1. The molecule has 2 N–H and O–H groups in total. The van der Waals surface area contributed by atoms with E-state index in [0.717, 1.165) is 19.5 Å². The average molecular weight is 266 g/mol. The lowest BCUT2D eigenvalue weighted by atomic mass is 9.92. The molecule has 3 unspecified atom stereocenters. The molecule has 1 heterocycles. The van der Waals surface area contributed by atoms with Crippen molar-refractivity contribution in [1.29, 1.82) is 0 Å². The number of halogens is 1. The maximum atomic E-state index is 14.1. The van der Waals surface area contributed by atoms with E-state index in [1.807, 2.05) is 6.92 Å². The molecule has 0 radical (unpaired) electrons. The topological polar surface area (TPSA) is 38.5 Å². The Kier molecular flexibility index (Phi) is 4.42. The van der Waals surface area contributed by atoms with Gasteiger partial charge in [0.1, 0.15) is 11.6 Å². The number of rotatable bonds is 3. The highest BCUT2D eigenvalue weighted by Gasteiger charge is 2.29. The zero-order valence-electron chi connectivity index (χ0n) is 11.9. The maximum absolute atomic E-state index is 14.1. The van der Waals surface area contributed by atoms with E-state index >= 15 is 0 Å². The lowest BCUT2D eigenvalue weighted by Gasteiger charge is -2.39. The molecule has 1 aromatic carbocycles. The highest BCUT2D eigenvalue weighted by Crippen LogP contribution is 2.33. The number of nitrogens with zero attached hydrogens (tertiary/aromatic N) is 1. The van der Waals surface area contributed by atoms with Gasteiger partial charge in [-0.05, 0) is 37.9 Å². The van der Waals surface area contributed by atoms with Gasteiger partial charge in [-0.15, -0.1) is 0 Å². The molecule has 1 aliphatic heterocycles. The summed E-state index contributed by atoms with van der Waals surface area (Å²) in [6.45, 7) is 5.95. The number of benzene rings is 1. The first-order chi connectivity index (χ1) is 9.04. The van der Waals surface area contributed by atoms with Gasteiger partial charge in [-0.2, -0.15) is 0 Å². The van der Waals surface area contributed by atoms with Gasteiger partial charge in [-0.1, -0.05) is 13.0 Å². The summed E-state index contributed by atoms with van der Waals surface area (Å²) in [5.74, 6) is 0.935. The van der Waals surface area contributed by atoms with E-state index in [2.05, 4.69) is 11.8 Å². The van der Waals surface area contributed by atoms with Crippen LogP contribution in [0.4, 0.5) is 4.39 Å². The molecule has 0 saturated carbocycles. The largest absolute Gasteiger partial charge is 0.496 e. The molecule has 1 saturated heterocycles. The average Bonchev–Trinajstić information content (AvgIpc) is 2.40. The van der Waals surface area contributed by atoms with Crippen molar-refractivity contribution >= 4 is 0 Å². The van der Waals surface area contributed by atoms with E-state index in [-0.39, 0.29) is 17.9 Å². The first kappa shape index (κ1) is 14.3. The molecule has 3 atom stereocenters. The fourth-order valence-electron chi connectivity index (χ4n) is 2.76. The Balaban J connectivity index is 2.22. The van der Waals surface area contributed by atoms with Crippen LogP contribution in [0.25, 0.3) is 0 Å². The first-order valence-electron chi connectivity index (χ1n) is 6.86. The van der Waals surface area contributed by atoms with Crippen LogP contribution < -0.4 is 10.5 Å². The summed E-state index contributed by atoms with van der Waals surface area (Å²) in [5, 5.41) is 0. The smallest absolute Gasteiger partial charge is 0.131 e. The molecular formula is C15H23FN2O. The highest BCUT2D eigenvalue weighted by molar-refractivity contribution is 5.37. The highest BCUT2D eigenvalue weighted by atomic mass is 19.1. The Labute approximate surface area is 114 Å². The van der Waals surface area contributed by atoms with Crippen LogP contribution in [0.15, 0.2) is 18.2 Å². The second-order valence-corrected chi connectivity index (χ2v) is 5.46. The molecule has 19 heavy (non-hydrogen) atoms. The molecular weight excluding hydrogens is 243 g/mol. The standard InChI is InChI=1S/C15H23FN2O/c1-10-7-8-18(9-13(10)17)11(2)15-12(16)5-4-6-14(15)19-3/h4-6,10-11,13H,7-9,17H2,1-3H3. The van der Waals surface area contributed by atoms with Crippen molar-refractivity contribution in [3.05, 3.63) is 29.6 Å². The van der Waals surface area contributed by atoms with Crippen LogP contribution in [0.2, 0.25) is 0 Å². The van der Waals surface area contributed by atoms with Crippen LogP contribution in [-0.4, -0.2) is 31.1 Å². The van der Waals surface area contributed by atoms with Gasteiger partial charge in [0.15, 0.2) is 0 Å². The maximum Gasteiger partial charge on any atom is 0.131 e. The van der Waals surface area contributed by atoms with Crippen molar-refractivity contribution in [2.24, 2.45) is 11.7 Å².